The van der Waals surface area contributed by atoms with Crippen LogP contribution in [0.2, 0.25) is 0 Å². The summed E-state index contributed by atoms with van der Waals surface area (Å²) in [6, 6.07) is -0.554. The zero-order chi connectivity index (χ0) is 38.0. The molecule has 0 saturated carbocycles. The molecule has 0 saturated heterocycles. The summed E-state index contributed by atoms with van der Waals surface area (Å²) in [4.78, 5) is 24.4. The Morgan fingerprint density at radius 3 is 1.17 bits per heavy atom. The first-order chi connectivity index (χ1) is 25.5. The fraction of sp³-hybridized carbons (Fsp3) is 0.957. The number of aliphatic hydroxyl groups is 2. The molecule has 6 nitrogen and oxygen atoms in total. The Hall–Kier alpha value is -1.14. The lowest BCUT2D eigenvalue weighted by molar-refractivity contribution is -0.143. The fourth-order valence-corrected chi connectivity index (χ4v) is 7.29. The molecule has 0 aliphatic rings. The normalized spacial score (nSPS) is 12.6. The van der Waals surface area contributed by atoms with Crippen molar-refractivity contribution in [3.63, 3.8) is 0 Å². The third-order valence-corrected chi connectivity index (χ3v) is 10.9. The van der Waals surface area contributed by atoms with Crippen LogP contribution < -0.4 is 5.32 Å². The van der Waals surface area contributed by atoms with Crippen LogP contribution >= 0.6 is 0 Å². The van der Waals surface area contributed by atoms with Crippen LogP contribution in [0.5, 0.6) is 0 Å². The molecule has 0 aromatic carbocycles. The third-order valence-electron chi connectivity index (χ3n) is 10.9. The minimum absolute atomic E-state index is 0.0166. The van der Waals surface area contributed by atoms with Gasteiger partial charge in [-0.3, -0.25) is 9.59 Å². The topological polar surface area (TPSA) is 95.9 Å². The van der Waals surface area contributed by atoms with Gasteiger partial charge in [0.2, 0.25) is 5.91 Å². The molecule has 2 unspecified atom stereocenters. The zero-order valence-electron chi connectivity index (χ0n) is 35.1. The highest BCUT2D eigenvalue weighted by Gasteiger charge is 2.20. The van der Waals surface area contributed by atoms with Crippen LogP contribution in [0.25, 0.3) is 0 Å². The number of carbonyl (C=O) groups is 2. The van der Waals surface area contributed by atoms with Gasteiger partial charge in [-0.15, -0.1) is 0 Å². The van der Waals surface area contributed by atoms with E-state index in [2.05, 4.69) is 19.2 Å². The van der Waals surface area contributed by atoms with Crippen LogP contribution in [0.1, 0.15) is 258 Å². The average molecular weight is 738 g/mol. The van der Waals surface area contributed by atoms with E-state index in [1.165, 1.54) is 167 Å². The Balaban J connectivity index is 3.45. The van der Waals surface area contributed by atoms with Crippen molar-refractivity contribution in [1.29, 1.82) is 0 Å². The molecule has 3 N–H and O–H groups in total. The van der Waals surface area contributed by atoms with E-state index in [4.69, 9.17) is 4.74 Å². The van der Waals surface area contributed by atoms with Gasteiger partial charge in [-0.05, 0) is 25.7 Å². The van der Waals surface area contributed by atoms with Gasteiger partial charge in [-0.2, -0.15) is 0 Å². The average Bonchev–Trinajstić information content (AvgIpc) is 3.14. The number of hydrogen-bond acceptors (Lipinski definition) is 5. The van der Waals surface area contributed by atoms with E-state index in [1.54, 1.807) is 0 Å². The van der Waals surface area contributed by atoms with E-state index in [0.29, 0.717) is 25.9 Å². The summed E-state index contributed by atoms with van der Waals surface area (Å²) in [6.45, 7) is 4.89. The van der Waals surface area contributed by atoms with Crippen LogP contribution in [0.3, 0.4) is 0 Å². The highest BCUT2D eigenvalue weighted by Crippen LogP contribution is 2.16. The quantitative estimate of drug-likeness (QED) is 0.0428. The van der Waals surface area contributed by atoms with Crippen molar-refractivity contribution < 1.29 is 24.5 Å². The Kier molecular flexibility index (Phi) is 41.7. The second-order valence-corrected chi connectivity index (χ2v) is 16.1. The first kappa shape index (κ1) is 50.9. The SMILES string of the molecule is CCCCCCCCCCCCCCCCC(=O)OCCCCCCCCCCCCC(=O)NC(CO)C(O)CCCCCCCCCCCCC. The van der Waals surface area contributed by atoms with Crippen molar-refractivity contribution in [2.75, 3.05) is 13.2 Å². The summed E-state index contributed by atoms with van der Waals surface area (Å²) in [7, 11) is 0. The van der Waals surface area contributed by atoms with Crippen LogP contribution in [0.15, 0.2) is 0 Å². The van der Waals surface area contributed by atoms with Crippen molar-refractivity contribution in [3.05, 3.63) is 0 Å². The Labute approximate surface area is 324 Å². The molecule has 310 valence electrons. The van der Waals surface area contributed by atoms with Crippen LogP contribution in [0, 0.1) is 0 Å². The number of nitrogens with one attached hydrogen (secondary N) is 1. The number of aliphatic hydroxyl groups excluding tert-OH is 2. The van der Waals surface area contributed by atoms with Crippen molar-refractivity contribution in [3.8, 4) is 0 Å². The molecular formula is C46H91NO5. The van der Waals surface area contributed by atoms with E-state index in [1.807, 2.05) is 0 Å². The number of carbonyl (C=O) groups excluding carboxylic acids is 2. The zero-order valence-corrected chi connectivity index (χ0v) is 35.1. The fourth-order valence-electron chi connectivity index (χ4n) is 7.29. The van der Waals surface area contributed by atoms with Crippen molar-refractivity contribution in [2.24, 2.45) is 0 Å². The molecule has 0 aromatic heterocycles. The number of amides is 1. The molecule has 0 spiro atoms. The van der Waals surface area contributed by atoms with E-state index < -0.39 is 12.1 Å². The van der Waals surface area contributed by atoms with Crippen LogP contribution in [-0.4, -0.2) is 47.4 Å². The summed E-state index contributed by atoms with van der Waals surface area (Å²) in [5.74, 6) is -0.0745. The summed E-state index contributed by atoms with van der Waals surface area (Å²) in [5, 5.41) is 23.1. The highest BCUT2D eigenvalue weighted by atomic mass is 16.5. The molecule has 0 fully saturated rings. The van der Waals surface area contributed by atoms with E-state index in [-0.39, 0.29) is 18.5 Å². The van der Waals surface area contributed by atoms with Gasteiger partial charge in [-0.1, -0.05) is 219 Å². The van der Waals surface area contributed by atoms with Crippen molar-refractivity contribution in [1.82, 2.24) is 5.32 Å². The molecule has 0 aliphatic carbocycles. The third kappa shape index (κ3) is 38.6. The molecular weight excluding hydrogens is 647 g/mol. The number of unbranched alkanes of at least 4 members (excludes halogenated alkanes) is 32. The molecule has 6 heteroatoms. The summed E-state index contributed by atoms with van der Waals surface area (Å²) in [5.41, 5.74) is 0. The molecule has 52 heavy (non-hydrogen) atoms. The van der Waals surface area contributed by atoms with Crippen molar-refractivity contribution in [2.45, 2.75) is 270 Å². The summed E-state index contributed by atoms with van der Waals surface area (Å²) < 4.78 is 5.45. The first-order valence-corrected chi connectivity index (χ1v) is 23.3. The van der Waals surface area contributed by atoms with Crippen molar-refractivity contribution >= 4 is 11.9 Å². The predicted octanol–water partition coefficient (Wildman–Crippen LogP) is 13.2. The Morgan fingerprint density at radius 2 is 0.788 bits per heavy atom. The van der Waals surface area contributed by atoms with E-state index in [0.717, 1.165) is 57.8 Å². The second-order valence-electron chi connectivity index (χ2n) is 16.1. The lowest BCUT2D eigenvalue weighted by Gasteiger charge is -2.22. The molecule has 0 radical (unpaired) electrons. The van der Waals surface area contributed by atoms with Gasteiger partial charge in [0, 0.05) is 12.8 Å². The first-order valence-electron chi connectivity index (χ1n) is 23.3. The molecule has 0 aromatic rings. The van der Waals surface area contributed by atoms with Gasteiger partial charge in [-0.25, -0.2) is 0 Å². The number of ether oxygens (including phenoxy) is 1. The Bertz CT molecular complexity index is 732. The second kappa shape index (κ2) is 42.6. The van der Waals surface area contributed by atoms with Gasteiger partial charge >= 0.3 is 5.97 Å². The van der Waals surface area contributed by atoms with Gasteiger partial charge in [0.15, 0.2) is 0 Å². The maximum Gasteiger partial charge on any atom is 0.305 e. The Morgan fingerprint density at radius 1 is 0.462 bits per heavy atom. The molecule has 0 bridgehead atoms. The molecule has 1 amide bonds. The molecule has 0 aliphatic heterocycles. The molecule has 0 heterocycles. The maximum absolute atomic E-state index is 12.4. The smallest absolute Gasteiger partial charge is 0.305 e. The monoisotopic (exact) mass is 738 g/mol. The van der Waals surface area contributed by atoms with E-state index >= 15 is 0 Å². The van der Waals surface area contributed by atoms with Gasteiger partial charge in [0.1, 0.15) is 0 Å². The summed E-state index contributed by atoms with van der Waals surface area (Å²) in [6.07, 6.45) is 44.8. The maximum atomic E-state index is 12.4. The minimum Gasteiger partial charge on any atom is -0.466 e. The predicted molar refractivity (Wildman–Crippen MR) is 223 cm³/mol. The standard InChI is InChI=1S/C46H91NO5/c1-3-5-7-9-11-13-15-16-17-19-24-28-32-36-40-46(51)52-41-37-33-29-25-21-20-23-27-31-35-39-45(50)47-43(42-48)44(49)38-34-30-26-22-18-14-12-10-8-6-4-2/h43-44,48-49H,3-42H2,1-2H3,(H,47,50). The molecule has 0 rings (SSSR count). The highest BCUT2D eigenvalue weighted by molar-refractivity contribution is 5.76. The minimum atomic E-state index is -0.675. The van der Waals surface area contributed by atoms with Gasteiger partial charge < -0.3 is 20.3 Å². The lowest BCUT2D eigenvalue weighted by atomic mass is 10.0. The van der Waals surface area contributed by atoms with Crippen LogP contribution in [0.4, 0.5) is 0 Å². The van der Waals surface area contributed by atoms with Gasteiger partial charge in [0.05, 0.1) is 25.4 Å². The molecule has 2 atom stereocenters. The van der Waals surface area contributed by atoms with E-state index in [9.17, 15) is 19.8 Å². The summed E-state index contributed by atoms with van der Waals surface area (Å²) >= 11 is 0. The number of hydrogen-bond donors (Lipinski definition) is 3. The lowest BCUT2D eigenvalue weighted by Crippen LogP contribution is -2.45. The van der Waals surface area contributed by atoms with Gasteiger partial charge in [0.25, 0.3) is 0 Å². The largest absolute Gasteiger partial charge is 0.466 e. The van der Waals surface area contributed by atoms with Crippen LogP contribution in [-0.2, 0) is 14.3 Å². The number of rotatable bonds is 43. The number of esters is 1.